The van der Waals surface area contributed by atoms with Gasteiger partial charge >= 0.3 is 0 Å². The van der Waals surface area contributed by atoms with Crippen molar-refractivity contribution in [1.82, 2.24) is 39.4 Å². The van der Waals surface area contributed by atoms with Crippen molar-refractivity contribution in [2.45, 2.75) is 18.3 Å². The van der Waals surface area contributed by atoms with Gasteiger partial charge in [0.25, 0.3) is 0 Å². The van der Waals surface area contributed by atoms with Crippen LogP contribution in [0.2, 0.25) is 0 Å². The molecule has 1 aromatic carbocycles. The lowest BCUT2D eigenvalue weighted by molar-refractivity contribution is 0.188. The van der Waals surface area contributed by atoms with Crippen LogP contribution in [0.5, 0.6) is 0 Å². The molecule has 0 spiro atoms. The van der Waals surface area contributed by atoms with Gasteiger partial charge in [0.15, 0.2) is 5.58 Å². The SMILES string of the molecule is O=S(=O)(Cc1noc2ccccc12)N1CC(n2cc(Cn3nccn3)nn2)C1. The highest BCUT2D eigenvalue weighted by atomic mass is 32.2. The van der Waals surface area contributed by atoms with Crippen LogP contribution >= 0.6 is 0 Å². The van der Waals surface area contributed by atoms with Gasteiger partial charge in [-0.3, -0.25) is 0 Å². The molecule has 0 amide bonds. The number of aromatic nitrogens is 7. The van der Waals surface area contributed by atoms with Gasteiger partial charge in [-0.15, -0.1) is 5.10 Å². The van der Waals surface area contributed by atoms with Crippen LogP contribution in [0.4, 0.5) is 0 Å². The third-order valence-electron chi connectivity index (χ3n) is 4.70. The first-order valence-electron chi connectivity index (χ1n) is 8.64. The molecular formula is C16H16N8O3S. The summed E-state index contributed by atoms with van der Waals surface area (Å²) in [4.78, 5) is 1.51. The fraction of sp³-hybridized carbons (Fsp3) is 0.312. The summed E-state index contributed by atoms with van der Waals surface area (Å²) in [5.74, 6) is -0.190. The second-order valence-corrected chi connectivity index (χ2v) is 8.57. The minimum Gasteiger partial charge on any atom is -0.356 e. The molecule has 0 unspecified atom stereocenters. The van der Waals surface area contributed by atoms with Crippen LogP contribution in [-0.4, -0.2) is 61.0 Å². The smallest absolute Gasteiger partial charge is 0.220 e. The van der Waals surface area contributed by atoms with Crippen molar-refractivity contribution in [3.8, 4) is 0 Å². The Morgan fingerprint density at radius 1 is 1.14 bits per heavy atom. The lowest BCUT2D eigenvalue weighted by Gasteiger charge is -2.37. The standard InChI is InChI=1S/C16H16N8O3S/c25-28(26,11-15-14-3-1-2-4-16(14)27-20-15)22-9-13(10-22)23-7-12(19-21-23)8-24-17-5-6-18-24/h1-7,13H,8-11H2. The number of benzene rings is 1. The molecule has 0 saturated carbocycles. The van der Waals surface area contributed by atoms with Gasteiger partial charge in [0, 0.05) is 18.5 Å². The number of hydrogen-bond acceptors (Lipinski definition) is 8. The molecule has 0 atom stereocenters. The Hall–Kier alpha value is -3.12. The van der Waals surface area contributed by atoms with Crippen molar-refractivity contribution in [3.05, 3.63) is 54.2 Å². The zero-order chi connectivity index (χ0) is 19.1. The van der Waals surface area contributed by atoms with Gasteiger partial charge in [0.2, 0.25) is 10.0 Å². The molecular weight excluding hydrogens is 384 g/mol. The van der Waals surface area contributed by atoms with Gasteiger partial charge in [-0.2, -0.15) is 19.3 Å². The van der Waals surface area contributed by atoms with E-state index in [-0.39, 0.29) is 11.8 Å². The number of fused-ring (bicyclic) bond motifs is 1. The summed E-state index contributed by atoms with van der Waals surface area (Å²) in [6.45, 7) is 1.11. The van der Waals surface area contributed by atoms with E-state index in [1.807, 2.05) is 12.1 Å². The Balaban J connectivity index is 1.24. The molecule has 11 nitrogen and oxygen atoms in total. The third kappa shape index (κ3) is 3.05. The van der Waals surface area contributed by atoms with Crippen molar-refractivity contribution in [3.63, 3.8) is 0 Å². The van der Waals surface area contributed by atoms with Crippen molar-refractivity contribution in [1.29, 1.82) is 0 Å². The molecule has 0 N–H and O–H groups in total. The van der Waals surface area contributed by atoms with E-state index in [4.69, 9.17) is 4.52 Å². The van der Waals surface area contributed by atoms with E-state index in [9.17, 15) is 8.42 Å². The first-order valence-corrected chi connectivity index (χ1v) is 10.3. The summed E-state index contributed by atoms with van der Waals surface area (Å²) in [7, 11) is -3.49. The molecule has 1 saturated heterocycles. The highest BCUT2D eigenvalue weighted by Gasteiger charge is 2.38. The lowest BCUT2D eigenvalue weighted by atomic mass is 10.2. The first-order chi connectivity index (χ1) is 13.6. The molecule has 1 aliphatic rings. The molecule has 3 aromatic heterocycles. The number of rotatable bonds is 6. The van der Waals surface area contributed by atoms with Gasteiger partial charge in [-0.25, -0.2) is 13.1 Å². The Morgan fingerprint density at radius 2 is 1.93 bits per heavy atom. The van der Waals surface area contributed by atoms with E-state index in [0.717, 1.165) is 5.39 Å². The summed E-state index contributed by atoms with van der Waals surface area (Å²) in [5.41, 5.74) is 1.72. The van der Waals surface area contributed by atoms with Gasteiger partial charge < -0.3 is 4.52 Å². The minimum atomic E-state index is -3.49. The van der Waals surface area contributed by atoms with Gasteiger partial charge in [0.05, 0.1) is 24.6 Å². The quantitative estimate of drug-likeness (QED) is 0.457. The van der Waals surface area contributed by atoms with Crippen molar-refractivity contribution < 1.29 is 12.9 Å². The Kier molecular flexibility index (Phi) is 3.94. The van der Waals surface area contributed by atoms with Crippen LogP contribution in [0.25, 0.3) is 11.0 Å². The van der Waals surface area contributed by atoms with Crippen molar-refractivity contribution >= 4 is 21.0 Å². The highest BCUT2D eigenvalue weighted by Crippen LogP contribution is 2.27. The predicted molar refractivity (Wildman–Crippen MR) is 96.4 cm³/mol. The Labute approximate surface area is 159 Å². The molecule has 4 heterocycles. The van der Waals surface area contributed by atoms with Crippen molar-refractivity contribution in [2.24, 2.45) is 0 Å². The third-order valence-corrected chi connectivity index (χ3v) is 6.42. The molecule has 0 radical (unpaired) electrons. The zero-order valence-corrected chi connectivity index (χ0v) is 15.5. The molecule has 12 heteroatoms. The molecule has 0 bridgehead atoms. The number of sulfonamides is 1. The topological polar surface area (TPSA) is 125 Å². The van der Waals surface area contributed by atoms with Crippen LogP contribution in [0.1, 0.15) is 17.4 Å². The number of nitrogens with zero attached hydrogens (tertiary/aromatic N) is 8. The van der Waals surface area contributed by atoms with Crippen LogP contribution in [-0.2, 0) is 22.3 Å². The molecule has 144 valence electrons. The summed E-state index contributed by atoms with van der Waals surface area (Å²) in [5, 5.41) is 20.9. The number of para-hydroxylation sites is 1. The second kappa shape index (κ2) is 6.49. The normalized spacial score (nSPS) is 15.9. The average Bonchev–Trinajstić information content (AvgIpc) is 3.36. The van der Waals surface area contributed by atoms with Crippen LogP contribution in [0.15, 0.2) is 47.4 Å². The molecule has 1 fully saturated rings. The highest BCUT2D eigenvalue weighted by molar-refractivity contribution is 7.88. The Bertz CT molecular complexity index is 1210. The fourth-order valence-corrected chi connectivity index (χ4v) is 4.69. The largest absolute Gasteiger partial charge is 0.356 e. The average molecular weight is 400 g/mol. The summed E-state index contributed by atoms with van der Waals surface area (Å²) >= 11 is 0. The van der Waals surface area contributed by atoms with Crippen LogP contribution in [0.3, 0.4) is 0 Å². The van der Waals surface area contributed by atoms with E-state index < -0.39 is 10.0 Å². The Morgan fingerprint density at radius 3 is 2.75 bits per heavy atom. The van der Waals surface area contributed by atoms with E-state index in [1.54, 1.807) is 35.4 Å². The summed E-state index contributed by atoms with van der Waals surface area (Å²) < 4.78 is 33.7. The van der Waals surface area contributed by atoms with Gasteiger partial charge in [-0.1, -0.05) is 22.5 Å². The zero-order valence-electron chi connectivity index (χ0n) is 14.7. The van der Waals surface area contributed by atoms with Crippen molar-refractivity contribution in [2.75, 3.05) is 13.1 Å². The van der Waals surface area contributed by atoms with Crippen LogP contribution < -0.4 is 0 Å². The maximum absolute atomic E-state index is 12.7. The van der Waals surface area contributed by atoms with E-state index >= 15 is 0 Å². The first kappa shape index (κ1) is 17.0. The predicted octanol–water partition coefficient (Wildman–Crippen LogP) is 0.446. The van der Waals surface area contributed by atoms with E-state index in [0.29, 0.717) is 36.6 Å². The molecule has 1 aliphatic heterocycles. The fourth-order valence-electron chi connectivity index (χ4n) is 3.15. The van der Waals surface area contributed by atoms with E-state index in [2.05, 4.69) is 25.7 Å². The molecule has 5 rings (SSSR count). The monoisotopic (exact) mass is 400 g/mol. The van der Waals surface area contributed by atoms with E-state index in [1.165, 1.54) is 9.10 Å². The molecule has 28 heavy (non-hydrogen) atoms. The molecule has 0 aliphatic carbocycles. The minimum absolute atomic E-state index is 0.0457. The second-order valence-electron chi connectivity index (χ2n) is 6.60. The summed E-state index contributed by atoms with van der Waals surface area (Å²) in [6, 6.07) is 7.17. The number of hydrogen-bond donors (Lipinski definition) is 0. The van der Waals surface area contributed by atoms with Gasteiger partial charge in [0.1, 0.15) is 23.7 Å². The lowest BCUT2D eigenvalue weighted by Crippen LogP contribution is -2.51. The maximum Gasteiger partial charge on any atom is 0.220 e. The van der Waals surface area contributed by atoms with Crippen LogP contribution in [0, 0.1) is 0 Å². The maximum atomic E-state index is 12.7. The van der Waals surface area contributed by atoms with Gasteiger partial charge in [-0.05, 0) is 12.1 Å². The molecule has 4 aromatic rings. The summed E-state index contributed by atoms with van der Waals surface area (Å²) in [6.07, 6.45) is 4.98.